The van der Waals surface area contributed by atoms with Crippen LogP contribution in [0.15, 0.2) is 22.4 Å². The lowest BCUT2D eigenvalue weighted by Gasteiger charge is -2.23. The third kappa shape index (κ3) is 5.18. The van der Waals surface area contributed by atoms with Crippen LogP contribution in [0.2, 0.25) is 0 Å². The zero-order chi connectivity index (χ0) is 28.9. The third-order valence-corrected chi connectivity index (χ3v) is 7.24. The highest BCUT2D eigenvalue weighted by molar-refractivity contribution is 7.47. The van der Waals surface area contributed by atoms with Crippen LogP contribution in [-0.2, 0) is 23.1 Å². The first kappa shape index (κ1) is 28.4. The number of imidazole rings is 1. The topological polar surface area (TPSA) is 277 Å². The highest BCUT2D eigenvalue weighted by atomic mass is 31.2. The highest BCUT2D eigenvalue weighted by Gasteiger charge is 2.51. The summed E-state index contributed by atoms with van der Waals surface area (Å²) < 4.78 is 64.9. The number of alkyl halides is 2. The standard InChI is InChI=1S/C18H24F2N9O10P/c19-7-10(31)6(38-14(7)28-3-23-9-12(28)25-17(22)26-13(9)32)2-36-40(34,35)39-11-5(1-30)37-15(8(11)20)29-4-24-16(21)27-18(29)33/h3-8,10-11,13-15,30-32H,1-2H2,(H,34,35)(H2,21,27,33)(H3,22,25,26)/t5-,6-,7?,8?,10?,11?,13?,14-,15-/m1/s1. The highest BCUT2D eigenvalue weighted by Crippen LogP contribution is 2.50. The van der Waals surface area contributed by atoms with Gasteiger partial charge in [0.05, 0.1) is 19.5 Å². The van der Waals surface area contributed by atoms with Crippen molar-refractivity contribution in [2.24, 2.45) is 10.7 Å². The Morgan fingerprint density at radius 3 is 2.48 bits per heavy atom. The number of halogens is 2. The lowest BCUT2D eigenvalue weighted by molar-refractivity contribution is -0.0579. The molecule has 2 fully saturated rings. The molecule has 5 rings (SSSR count). The summed E-state index contributed by atoms with van der Waals surface area (Å²) in [5.41, 5.74) is 9.86. The number of phosphoric ester groups is 1. The van der Waals surface area contributed by atoms with Gasteiger partial charge in [-0.15, -0.1) is 0 Å². The van der Waals surface area contributed by atoms with Gasteiger partial charge in [0.1, 0.15) is 36.4 Å². The number of anilines is 1. The molecule has 2 aromatic rings. The Labute approximate surface area is 221 Å². The number of hydrogen-bond donors (Lipinski definition) is 7. The van der Waals surface area contributed by atoms with Gasteiger partial charge in [-0.3, -0.25) is 18.2 Å². The summed E-state index contributed by atoms with van der Waals surface area (Å²) in [4.78, 5) is 37.0. The van der Waals surface area contributed by atoms with Crippen molar-refractivity contribution in [2.75, 3.05) is 18.9 Å². The Kier molecular flexibility index (Phi) is 7.58. The van der Waals surface area contributed by atoms with Crippen molar-refractivity contribution in [1.29, 1.82) is 0 Å². The number of nitrogen functional groups attached to an aromatic ring is 1. The zero-order valence-corrected chi connectivity index (χ0v) is 20.9. The van der Waals surface area contributed by atoms with Crippen LogP contribution in [0.25, 0.3) is 0 Å². The van der Waals surface area contributed by atoms with Crippen LogP contribution in [-0.4, -0.2) is 100 Å². The first-order valence-corrected chi connectivity index (χ1v) is 13.0. The second kappa shape index (κ2) is 10.7. The van der Waals surface area contributed by atoms with Crippen molar-refractivity contribution in [3.63, 3.8) is 0 Å². The van der Waals surface area contributed by atoms with Gasteiger partial charge in [-0.05, 0) is 0 Å². The fourth-order valence-electron chi connectivity index (χ4n) is 4.36. The summed E-state index contributed by atoms with van der Waals surface area (Å²) in [6.45, 7) is -1.78. The largest absolute Gasteiger partial charge is 0.472 e. The van der Waals surface area contributed by atoms with Crippen LogP contribution >= 0.6 is 7.82 Å². The number of aliphatic hydroxyl groups is 3. The Morgan fingerprint density at radius 2 is 1.77 bits per heavy atom. The van der Waals surface area contributed by atoms with Gasteiger partial charge in [0.2, 0.25) is 5.95 Å². The maximum Gasteiger partial charge on any atom is 0.472 e. The van der Waals surface area contributed by atoms with E-state index in [0.29, 0.717) is 4.57 Å². The van der Waals surface area contributed by atoms with Crippen LogP contribution in [0.3, 0.4) is 0 Å². The van der Waals surface area contributed by atoms with Crippen molar-refractivity contribution in [3.05, 3.63) is 28.8 Å². The van der Waals surface area contributed by atoms with E-state index in [1.54, 1.807) is 0 Å². The van der Waals surface area contributed by atoms with E-state index >= 15 is 4.39 Å². The second-order valence-electron chi connectivity index (χ2n) is 8.84. The molecule has 2 aromatic heterocycles. The van der Waals surface area contributed by atoms with E-state index in [9.17, 15) is 34.0 Å². The number of aromatic nitrogens is 5. The van der Waals surface area contributed by atoms with Gasteiger partial charge >= 0.3 is 13.5 Å². The molecule has 9 N–H and O–H groups in total. The van der Waals surface area contributed by atoms with Crippen LogP contribution in [0, 0.1) is 0 Å². The number of guanidine groups is 1. The van der Waals surface area contributed by atoms with E-state index < -0.39 is 82.2 Å². The molecule has 0 amide bonds. The molecule has 0 spiro atoms. The molecule has 22 heteroatoms. The number of nitrogens with two attached hydrogens (primary N) is 2. The SMILES string of the molecule is NC1=Nc2c(ncn2[C@@H]2O[C@H](COP(=O)(O)OC3C(F)[C@H](n4cnc(N)nc4=O)O[C@@H]3CO)C(O)C2F)C(O)N1. The van der Waals surface area contributed by atoms with Gasteiger partial charge in [-0.1, -0.05) is 0 Å². The molecular weight excluding hydrogens is 571 g/mol. The van der Waals surface area contributed by atoms with Gasteiger partial charge in [-0.2, -0.15) is 9.98 Å². The number of ether oxygens (including phenoxy) is 2. The average molecular weight is 595 g/mol. The molecule has 5 heterocycles. The van der Waals surface area contributed by atoms with Gasteiger partial charge < -0.3 is 46.5 Å². The molecule has 0 radical (unpaired) electrons. The maximum absolute atomic E-state index is 15.2. The molecule has 40 heavy (non-hydrogen) atoms. The number of phosphoric acid groups is 1. The van der Waals surface area contributed by atoms with Crippen molar-refractivity contribution in [3.8, 4) is 0 Å². The number of rotatable bonds is 8. The molecule has 19 nitrogen and oxygen atoms in total. The molecule has 0 saturated carbocycles. The smallest absolute Gasteiger partial charge is 0.394 e. The molecule has 3 aliphatic heterocycles. The summed E-state index contributed by atoms with van der Waals surface area (Å²) in [5.74, 6) is -0.622. The second-order valence-corrected chi connectivity index (χ2v) is 10.2. The number of nitrogens with zero attached hydrogens (tertiary/aromatic N) is 6. The summed E-state index contributed by atoms with van der Waals surface area (Å²) in [7, 11) is -5.16. The molecule has 3 aliphatic rings. The fourth-order valence-corrected chi connectivity index (χ4v) is 5.31. The minimum atomic E-state index is -5.16. The van der Waals surface area contributed by atoms with Crippen molar-refractivity contribution < 1.29 is 52.1 Å². The van der Waals surface area contributed by atoms with E-state index in [0.717, 1.165) is 17.2 Å². The molecule has 6 unspecified atom stereocenters. The molecule has 0 bridgehead atoms. The van der Waals surface area contributed by atoms with Crippen LogP contribution < -0.4 is 22.5 Å². The lowest BCUT2D eigenvalue weighted by atomic mass is 10.1. The minimum Gasteiger partial charge on any atom is -0.394 e. The molecular formula is C18H24F2N9O10P. The molecule has 220 valence electrons. The average Bonchev–Trinajstić information content (AvgIpc) is 3.53. The van der Waals surface area contributed by atoms with E-state index in [1.165, 1.54) is 0 Å². The Balaban J connectivity index is 1.25. The predicted molar refractivity (Wildman–Crippen MR) is 124 cm³/mol. The summed E-state index contributed by atoms with van der Waals surface area (Å²) >= 11 is 0. The van der Waals surface area contributed by atoms with E-state index in [4.69, 9.17) is 30.0 Å². The summed E-state index contributed by atoms with van der Waals surface area (Å²) in [5, 5.41) is 32.3. The van der Waals surface area contributed by atoms with Gasteiger partial charge in [0.25, 0.3) is 0 Å². The van der Waals surface area contributed by atoms with Gasteiger partial charge in [0, 0.05) is 0 Å². The van der Waals surface area contributed by atoms with Crippen LogP contribution in [0.4, 0.5) is 20.5 Å². The Bertz CT molecular complexity index is 1400. The van der Waals surface area contributed by atoms with Gasteiger partial charge in [0.15, 0.2) is 42.8 Å². The predicted octanol–water partition coefficient (Wildman–Crippen LogP) is -3.02. The quantitative estimate of drug-likeness (QED) is 0.150. The molecule has 0 aromatic carbocycles. The number of aliphatic hydroxyl groups excluding tert-OH is 3. The van der Waals surface area contributed by atoms with E-state index in [-0.39, 0.29) is 23.4 Å². The first-order chi connectivity index (χ1) is 18.9. The minimum absolute atomic E-state index is 0.0107. The lowest BCUT2D eigenvalue weighted by Crippen LogP contribution is -2.37. The number of aliphatic imine (C=N–C) groups is 1. The Morgan fingerprint density at radius 1 is 1.10 bits per heavy atom. The number of hydrogen-bond acceptors (Lipinski definition) is 16. The van der Waals surface area contributed by atoms with Crippen LogP contribution in [0.5, 0.6) is 0 Å². The molecule has 2 saturated heterocycles. The zero-order valence-electron chi connectivity index (χ0n) is 20.0. The monoisotopic (exact) mass is 595 g/mol. The maximum atomic E-state index is 15.2. The summed E-state index contributed by atoms with van der Waals surface area (Å²) in [6.07, 6.45) is -13.9. The number of fused-ring (bicyclic) bond motifs is 1. The number of nitrogens with one attached hydrogen (secondary N) is 1. The summed E-state index contributed by atoms with van der Waals surface area (Å²) in [6, 6.07) is 0. The van der Waals surface area contributed by atoms with Crippen molar-refractivity contribution in [2.45, 2.75) is 55.4 Å². The third-order valence-electron chi connectivity index (χ3n) is 6.26. The fraction of sp³-hybridized carbons (Fsp3) is 0.611. The van der Waals surface area contributed by atoms with Crippen LogP contribution in [0.1, 0.15) is 24.4 Å². The first-order valence-electron chi connectivity index (χ1n) is 11.5. The van der Waals surface area contributed by atoms with E-state index in [1.807, 2.05) is 0 Å². The van der Waals surface area contributed by atoms with Gasteiger partial charge in [-0.25, -0.2) is 28.1 Å². The van der Waals surface area contributed by atoms with Crippen molar-refractivity contribution in [1.82, 2.24) is 29.4 Å². The van der Waals surface area contributed by atoms with E-state index in [2.05, 4.69) is 25.3 Å². The normalized spacial score (nSPS) is 35.1. The van der Waals surface area contributed by atoms with Crippen molar-refractivity contribution >= 4 is 25.5 Å². The Hall–Kier alpha value is -3.14. The molecule has 0 aliphatic carbocycles. The molecule has 10 atom stereocenters.